The van der Waals surface area contributed by atoms with Gasteiger partial charge in [-0.3, -0.25) is 9.59 Å². The second kappa shape index (κ2) is 36.8. The molecule has 0 saturated carbocycles. The third-order valence-corrected chi connectivity index (χ3v) is 17.0. The lowest BCUT2D eigenvalue weighted by Crippen LogP contribution is -2.43. The molecule has 0 radical (unpaired) electrons. The van der Waals surface area contributed by atoms with Crippen LogP contribution in [-0.2, 0) is 22.7 Å². The first-order chi connectivity index (χ1) is 38.7. The molecular formula is C66H91ClN4O6S2+2. The lowest BCUT2D eigenvalue weighted by molar-refractivity contribution is -0.706. The monoisotopic (exact) mass is 1130 g/mol. The molecule has 428 valence electrons. The number of benzene rings is 4. The molecular weight excluding hydrogens is 1040 g/mol. The minimum Gasteiger partial charge on any atom is -0.492 e. The Bertz CT molecular complexity index is 2670. The fourth-order valence-electron chi connectivity index (χ4n) is 9.65. The first kappa shape index (κ1) is 62.8. The first-order valence-corrected chi connectivity index (χ1v) is 32.0. The van der Waals surface area contributed by atoms with Gasteiger partial charge in [-0.25, -0.2) is 0 Å². The molecule has 6 aromatic rings. The van der Waals surface area contributed by atoms with Crippen LogP contribution < -0.4 is 38.7 Å². The summed E-state index contributed by atoms with van der Waals surface area (Å²) in [5.41, 5.74) is 5.98. The molecule has 13 heteroatoms. The molecule has 0 saturated heterocycles. The molecule has 0 atom stereocenters. The Hall–Kier alpha value is -5.43. The van der Waals surface area contributed by atoms with Gasteiger partial charge in [0.25, 0.3) is 11.8 Å². The molecule has 0 fully saturated rings. The van der Waals surface area contributed by atoms with Crippen LogP contribution in [0.2, 0.25) is 5.02 Å². The normalized spacial score (nSPS) is 11.2. The Morgan fingerprint density at radius 1 is 0.456 bits per heavy atom. The van der Waals surface area contributed by atoms with Crippen LogP contribution in [0.1, 0.15) is 190 Å². The number of aromatic nitrogens is 2. The Kier molecular flexibility index (Phi) is 29.2. The number of amides is 2. The number of halogens is 1. The number of hydrogen-bond acceptors (Lipinski definition) is 8. The minimum absolute atomic E-state index is 0.118. The highest BCUT2D eigenvalue weighted by molar-refractivity contribution is 7.19. The predicted octanol–water partition coefficient (Wildman–Crippen LogP) is 17.6. The number of nitrogens with zero attached hydrogens (tertiary/aromatic N) is 2. The third-order valence-electron chi connectivity index (χ3n) is 14.4. The van der Waals surface area contributed by atoms with Gasteiger partial charge < -0.3 is 29.6 Å². The minimum atomic E-state index is -0.258. The fraction of sp³-hybridized carbons (Fsp3) is 0.515. The van der Waals surface area contributed by atoms with Crippen LogP contribution in [0.15, 0.2) is 102 Å². The van der Waals surface area contributed by atoms with Crippen molar-refractivity contribution in [1.82, 2.24) is 0 Å². The molecule has 0 aliphatic heterocycles. The second-order valence-corrected chi connectivity index (χ2v) is 23.2. The Labute approximate surface area is 486 Å². The summed E-state index contributed by atoms with van der Waals surface area (Å²) in [6.45, 7) is 11.2. The van der Waals surface area contributed by atoms with Crippen molar-refractivity contribution in [1.29, 1.82) is 0 Å². The van der Waals surface area contributed by atoms with Gasteiger partial charge in [0.1, 0.15) is 11.5 Å². The lowest BCUT2D eigenvalue weighted by Gasteiger charge is -2.13. The van der Waals surface area contributed by atoms with Gasteiger partial charge in [0.05, 0.1) is 29.0 Å². The van der Waals surface area contributed by atoms with Gasteiger partial charge in [0, 0.05) is 42.4 Å². The summed E-state index contributed by atoms with van der Waals surface area (Å²) < 4.78 is 28.5. The average molecular weight is 1140 g/mol. The van der Waals surface area contributed by atoms with Crippen molar-refractivity contribution in [3.8, 4) is 33.0 Å². The molecule has 79 heavy (non-hydrogen) atoms. The van der Waals surface area contributed by atoms with Crippen molar-refractivity contribution in [3.63, 3.8) is 0 Å². The third kappa shape index (κ3) is 23.3. The highest BCUT2D eigenvalue weighted by Crippen LogP contribution is 2.31. The second-order valence-electron chi connectivity index (χ2n) is 21.1. The molecule has 0 aliphatic carbocycles. The Balaban J connectivity index is 0.885. The number of hydrogen-bond donors (Lipinski definition) is 2. The summed E-state index contributed by atoms with van der Waals surface area (Å²) in [5, 5.41) is 13.2. The molecule has 10 nitrogen and oxygen atoms in total. The van der Waals surface area contributed by atoms with Gasteiger partial charge in [0.2, 0.25) is 0 Å². The van der Waals surface area contributed by atoms with E-state index < -0.39 is 0 Å². The Morgan fingerprint density at radius 3 is 1.25 bits per heavy atom. The summed E-state index contributed by atoms with van der Waals surface area (Å²) in [4.78, 5) is 26.0. The van der Waals surface area contributed by atoms with E-state index in [-0.39, 0.29) is 25.0 Å². The van der Waals surface area contributed by atoms with Gasteiger partial charge in [-0.1, -0.05) is 226 Å². The van der Waals surface area contributed by atoms with E-state index in [1.807, 2.05) is 54.6 Å². The number of para-hydroxylation sites is 2. The van der Waals surface area contributed by atoms with Crippen LogP contribution in [0, 0.1) is 13.8 Å². The number of aryl methyl sites for hydroxylation is 2. The molecule has 0 unspecified atom stereocenters. The van der Waals surface area contributed by atoms with Crippen molar-refractivity contribution in [3.05, 3.63) is 129 Å². The first-order valence-electron chi connectivity index (χ1n) is 29.8. The average Bonchev–Trinajstić information content (AvgIpc) is 4.17. The zero-order valence-electron chi connectivity index (χ0n) is 48.1. The highest BCUT2D eigenvalue weighted by Gasteiger charge is 2.31. The maximum Gasteiger partial charge on any atom is 0.346 e. The molecule has 6 rings (SSSR count). The number of anilines is 2. The number of nitrogens with one attached hydrogen (secondary N) is 2. The van der Waals surface area contributed by atoms with Crippen LogP contribution in [-0.4, -0.2) is 38.2 Å². The van der Waals surface area contributed by atoms with E-state index >= 15 is 0 Å². The van der Waals surface area contributed by atoms with Gasteiger partial charge in [-0.15, -0.1) is 0 Å². The van der Waals surface area contributed by atoms with Crippen molar-refractivity contribution in [2.45, 2.75) is 195 Å². The van der Waals surface area contributed by atoms with E-state index in [0.717, 1.165) is 36.8 Å². The van der Waals surface area contributed by atoms with Crippen molar-refractivity contribution in [2.75, 3.05) is 37.1 Å². The van der Waals surface area contributed by atoms with Crippen LogP contribution in [0.5, 0.6) is 23.0 Å². The van der Waals surface area contributed by atoms with Gasteiger partial charge >= 0.3 is 10.0 Å². The van der Waals surface area contributed by atoms with E-state index in [1.165, 1.54) is 150 Å². The van der Waals surface area contributed by atoms with Crippen LogP contribution in [0.25, 0.3) is 10.0 Å². The molecule has 2 N–H and O–H groups in total. The number of thiazole rings is 2. The molecule has 4 aromatic carbocycles. The maximum absolute atomic E-state index is 13.0. The van der Waals surface area contributed by atoms with E-state index in [1.54, 1.807) is 34.8 Å². The van der Waals surface area contributed by atoms with Crippen LogP contribution in [0.3, 0.4) is 0 Å². The molecule has 0 spiro atoms. The zero-order valence-corrected chi connectivity index (χ0v) is 50.5. The predicted molar refractivity (Wildman–Crippen MR) is 328 cm³/mol. The van der Waals surface area contributed by atoms with Crippen molar-refractivity contribution in [2.24, 2.45) is 0 Å². The van der Waals surface area contributed by atoms with Crippen molar-refractivity contribution < 1.29 is 37.7 Å². The quantitative estimate of drug-likeness (QED) is 0.0293. The van der Waals surface area contributed by atoms with Crippen LogP contribution >= 0.6 is 34.3 Å². The van der Waals surface area contributed by atoms with E-state index in [2.05, 4.69) is 82.5 Å². The summed E-state index contributed by atoms with van der Waals surface area (Å²) >= 11 is 10.0. The van der Waals surface area contributed by atoms with Gasteiger partial charge in [-0.05, 0) is 61.4 Å². The zero-order chi connectivity index (χ0) is 55.7. The molecule has 0 bridgehead atoms. The summed E-state index contributed by atoms with van der Waals surface area (Å²) in [5.74, 6) is 1.89. The molecule has 2 amide bonds. The number of rotatable bonds is 41. The standard InChI is InChI=1S/C66H89ClN4O6S2/c1-5-7-9-11-13-15-17-19-21-23-25-29-43-74-60-42-41-58(45-59(60)67)76-48-63(72)68-56-37-33-54(34-38-56)46-70-52(3)50-78-65(70)66-71(53(4)51-79-66)47-55-35-39-57(40-36-55)69-64(73)49-77-62-32-28-27-31-61(62)75-44-30-26-24-22-20-18-16-14-12-10-8-6-2/h27-28,31-42,45,50-51H,5-26,29-30,43-44,46-49H2,1-4H3/p+2. The molecule has 0 aliphatic rings. The summed E-state index contributed by atoms with van der Waals surface area (Å²) in [6, 6.07) is 28.9. The lowest BCUT2D eigenvalue weighted by atomic mass is 10.1. The number of carbonyl (C=O) groups is 2. The summed E-state index contributed by atoms with van der Waals surface area (Å²) in [6.07, 6.45) is 31.2. The summed E-state index contributed by atoms with van der Waals surface area (Å²) in [7, 11) is 0. The van der Waals surface area contributed by atoms with Crippen molar-refractivity contribution >= 4 is 57.5 Å². The SMILES string of the molecule is CCCCCCCCCCCCCCOc1ccc(OCC(=O)Nc2ccc(C[n+]3c(C)csc3-c3scc(C)[n+]3Cc3ccc(NC(=O)COc4ccccc4OCCCCCCCCCCCCCC)cc3)cc2)cc1Cl. The smallest absolute Gasteiger partial charge is 0.346 e. The van der Waals surface area contributed by atoms with Gasteiger partial charge in [-0.2, -0.15) is 9.13 Å². The van der Waals surface area contributed by atoms with E-state index in [9.17, 15) is 9.59 Å². The van der Waals surface area contributed by atoms with Crippen LogP contribution in [0.4, 0.5) is 11.4 Å². The Morgan fingerprint density at radius 2 is 0.835 bits per heavy atom. The number of ether oxygens (including phenoxy) is 4. The van der Waals surface area contributed by atoms with Gasteiger partial charge in [0.15, 0.2) is 49.2 Å². The number of carbonyl (C=O) groups excluding carboxylic acids is 2. The topological polar surface area (TPSA) is 103 Å². The van der Waals surface area contributed by atoms with E-state index in [4.69, 9.17) is 30.5 Å². The number of unbranched alkanes of at least 4 members (excludes halogenated alkanes) is 22. The van der Waals surface area contributed by atoms with E-state index in [0.29, 0.717) is 65.7 Å². The molecule has 2 heterocycles. The maximum atomic E-state index is 13.0. The fourth-order valence-corrected chi connectivity index (χ4v) is 12.1. The molecule has 2 aromatic heterocycles. The highest BCUT2D eigenvalue weighted by atomic mass is 35.5. The largest absolute Gasteiger partial charge is 0.492 e.